The highest BCUT2D eigenvalue weighted by molar-refractivity contribution is 5.97. The van der Waals surface area contributed by atoms with E-state index >= 15 is 0 Å². The molecule has 0 heterocycles. The van der Waals surface area contributed by atoms with Crippen LogP contribution < -0.4 is 16.0 Å². The van der Waals surface area contributed by atoms with Crippen LogP contribution in [0.5, 0.6) is 0 Å². The zero-order chi connectivity index (χ0) is 20.5. The third-order valence-electron chi connectivity index (χ3n) is 3.57. The second-order valence-corrected chi connectivity index (χ2v) is 5.98. The zero-order valence-electron chi connectivity index (χ0n) is 15.5. The Labute approximate surface area is 162 Å². The van der Waals surface area contributed by atoms with Gasteiger partial charge >= 0.3 is 5.97 Å². The van der Waals surface area contributed by atoms with Crippen LogP contribution in [0.1, 0.15) is 24.2 Å². The molecular weight excluding hydrogens is 362 g/mol. The fraction of sp³-hybridized carbons (Fsp3) is 0.200. The minimum atomic E-state index is -0.905. The second kappa shape index (κ2) is 9.86. The largest absolute Gasteiger partial charge is 0.454 e. The number of rotatable bonds is 7. The monoisotopic (exact) mass is 383 g/mol. The lowest BCUT2D eigenvalue weighted by Crippen LogP contribution is -2.40. The van der Waals surface area contributed by atoms with Gasteiger partial charge in [0.2, 0.25) is 5.91 Å². The molecule has 8 nitrogen and oxygen atoms in total. The quantitative estimate of drug-likeness (QED) is 0.633. The summed E-state index contributed by atoms with van der Waals surface area (Å²) < 4.78 is 4.93. The van der Waals surface area contributed by atoms with Crippen molar-refractivity contribution < 1.29 is 23.9 Å². The van der Waals surface area contributed by atoms with Gasteiger partial charge in [-0.1, -0.05) is 18.2 Å². The van der Waals surface area contributed by atoms with E-state index in [0.29, 0.717) is 16.9 Å². The Morgan fingerprint density at radius 2 is 1.46 bits per heavy atom. The van der Waals surface area contributed by atoms with Crippen molar-refractivity contribution in [2.24, 2.45) is 0 Å². The number of hydrogen-bond acceptors (Lipinski definition) is 5. The first-order valence-corrected chi connectivity index (χ1v) is 8.55. The van der Waals surface area contributed by atoms with E-state index in [1.165, 1.54) is 13.8 Å². The second-order valence-electron chi connectivity index (χ2n) is 5.98. The van der Waals surface area contributed by atoms with E-state index in [-0.39, 0.29) is 5.91 Å². The molecule has 0 aliphatic heterocycles. The predicted molar refractivity (Wildman–Crippen MR) is 104 cm³/mol. The molecule has 8 heteroatoms. The van der Waals surface area contributed by atoms with Crippen molar-refractivity contribution in [3.63, 3.8) is 0 Å². The summed E-state index contributed by atoms with van der Waals surface area (Å²) in [5, 5.41) is 7.69. The first-order chi connectivity index (χ1) is 13.3. The number of esters is 1. The maximum absolute atomic E-state index is 12.0. The third-order valence-corrected chi connectivity index (χ3v) is 3.57. The number of nitrogens with one attached hydrogen (secondary N) is 3. The van der Waals surface area contributed by atoms with Gasteiger partial charge in [0.05, 0.1) is 0 Å². The number of amides is 3. The minimum Gasteiger partial charge on any atom is -0.454 e. The van der Waals surface area contributed by atoms with E-state index in [2.05, 4.69) is 16.0 Å². The molecule has 3 amide bonds. The maximum Gasteiger partial charge on any atom is 0.328 e. The van der Waals surface area contributed by atoms with Crippen molar-refractivity contribution in [2.75, 3.05) is 17.2 Å². The van der Waals surface area contributed by atoms with Gasteiger partial charge in [0, 0.05) is 23.9 Å². The van der Waals surface area contributed by atoms with Gasteiger partial charge in [-0.3, -0.25) is 14.4 Å². The van der Waals surface area contributed by atoms with Gasteiger partial charge < -0.3 is 20.7 Å². The smallest absolute Gasteiger partial charge is 0.328 e. The molecule has 0 unspecified atom stereocenters. The molecule has 0 aromatic heterocycles. The highest BCUT2D eigenvalue weighted by Gasteiger charge is 2.19. The van der Waals surface area contributed by atoms with Gasteiger partial charge in [0.15, 0.2) is 6.61 Å². The number of anilines is 2. The lowest BCUT2D eigenvalue weighted by Gasteiger charge is -2.13. The lowest BCUT2D eigenvalue weighted by molar-refractivity contribution is -0.148. The highest BCUT2D eigenvalue weighted by Crippen LogP contribution is 2.13. The topological polar surface area (TPSA) is 114 Å². The summed E-state index contributed by atoms with van der Waals surface area (Å²) >= 11 is 0. The van der Waals surface area contributed by atoms with Gasteiger partial charge in [-0.25, -0.2) is 4.79 Å². The fourth-order valence-electron chi connectivity index (χ4n) is 2.23. The molecule has 0 bridgehead atoms. The maximum atomic E-state index is 12.0. The Morgan fingerprint density at radius 3 is 2.04 bits per heavy atom. The molecule has 0 aliphatic rings. The highest BCUT2D eigenvalue weighted by atomic mass is 16.5. The lowest BCUT2D eigenvalue weighted by atomic mass is 10.2. The SMILES string of the molecule is CC(=O)Nc1ccc(NC(=O)COC(=O)[C@H](C)NC(=O)c2ccccc2)cc1. The van der Waals surface area contributed by atoms with Crippen molar-refractivity contribution in [1.82, 2.24) is 5.32 Å². The Hall–Kier alpha value is -3.68. The van der Waals surface area contributed by atoms with Gasteiger partial charge in [0.25, 0.3) is 11.8 Å². The molecule has 2 aromatic rings. The van der Waals surface area contributed by atoms with Crippen LogP contribution in [0.2, 0.25) is 0 Å². The summed E-state index contributed by atoms with van der Waals surface area (Å²) in [5.74, 6) is -1.85. The van der Waals surface area contributed by atoms with E-state index in [4.69, 9.17) is 4.74 Å². The summed E-state index contributed by atoms with van der Waals surface area (Å²) in [6, 6.07) is 14.0. The molecule has 2 aromatic carbocycles. The number of ether oxygens (including phenoxy) is 1. The van der Waals surface area contributed by atoms with Crippen LogP contribution >= 0.6 is 0 Å². The zero-order valence-corrected chi connectivity index (χ0v) is 15.5. The average Bonchev–Trinajstić information content (AvgIpc) is 2.67. The van der Waals surface area contributed by atoms with E-state index < -0.39 is 30.4 Å². The van der Waals surface area contributed by atoms with Gasteiger partial charge in [-0.15, -0.1) is 0 Å². The standard InChI is InChI=1S/C20H21N3O5/c1-13(21-19(26)15-6-4-3-5-7-15)20(27)28-12-18(25)23-17-10-8-16(9-11-17)22-14(2)24/h3-11,13H,12H2,1-2H3,(H,21,26)(H,22,24)(H,23,25)/t13-/m0/s1. The van der Waals surface area contributed by atoms with E-state index in [0.717, 1.165) is 0 Å². The summed E-state index contributed by atoms with van der Waals surface area (Å²) in [5.41, 5.74) is 1.50. The first-order valence-electron chi connectivity index (χ1n) is 8.55. The van der Waals surface area contributed by atoms with Crippen LogP contribution in [0.15, 0.2) is 54.6 Å². The van der Waals surface area contributed by atoms with Crippen LogP contribution in [-0.2, 0) is 19.1 Å². The fourth-order valence-corrected chi connectivity index (χ4v) is 2.23. The van der Waals surface area contributed by atoms with Crippen LogP contribution in [0.4, 0.5) is 11.4 Å². The molecule has 0 spiro atoms. The van der Waals surface area contributed by atoms with Crippen LogP contribution in [0.3, 0.4) is 0 Å². The average molecular weight is 383 g/mol. The molecule has 146 valence electrons. The molecule has 0 aliphatic carbocycles. The van der Waals surface area contributed by atoms with Crippen molar-refractivity contribution in [3.05, 3.63) is 60.2 Å². The molecule has 1 atom stereocenters. The molecule has 0 radical (unpaired) electrons. The number of hydrogen-bond donors (Lipinski definition) is 3. The van der Waals surface area contributed by atoms with Crippen LogP contribution in [0.25, 0.3) is 0 Å². The Bertz CT molecular complexity index is 850. The van der Waals surface area contributed by atoms with Crippen LogP contribution in [-0.4, -0.2) is 36.3 Å². The number of carbonyl (C=O) groups excluding carboxylic acids is 4. The molecule has 0 fully saturated rings. The molecule has 3 N–H and O–H groups in total. The van der Waals surface area contributed by atoms with Crippen molar-refractivity contribution in [3.8, 4) is 0 Å². The number of carbonyl (C=O) groups is 4. The molecule has 0 saturated heterocycles. The van der Waals surface area contributed by atoms with E-state index in [9.17, 15) is 19.2 Å². The molecule has 0 saturated carbocycles. The summed E-state index contributed by atoms with van der Waals surface area (Å²) in [6.45, 7) is 2.38. The van der Waals surface area contributed by atoms with Crippen molar-refractivity contribution in [1.29, 1.82) is 0 Å². The van der Waals surface area contributed by atoms with Gasteiger partial charge in [-0.2, -0.15) is 0 Å². The minimum absolute atomic E-state index is 0.197. The Morgan fingerprint density at radius 1 is 0.893 bits per heavy atom. The summed E-state index contributed by atoms with van der Waals surface area (Å²) in [6.07, 6.45) is 0. The Kier molecular flexibility index (Phi) is 7.27. The van der Waals surface area contributed by atoms with Gasteiger partial charge in [0.1, 0.15) is 6.04 Å². The summed E-state index contributed by atoms with van der Waals surface area (Å²) in [7, 11) is 0. The molecule has 2 rings (SSSR count). The third kappa shape index (κ3) is 6.56. The first kappa shape index (κ1) is 20.6. The van der Waals surface area contributed by atoms with Crippen molar-refractivity contribution >= 4 is 35.1 Å². The van der Waals surface area contributed by atoms with E-state index in [1.807, 2.05) is 0 Å². The molecular formula is C20H21N3O5. The van der Waals surface area contributed by atoms with E-state index in [1.54, 1.807) is 54.6 Å². The number of benzene rings is 2. The van der Waals surface area contributed by atoms with Gasteiger partial charge in [-0.05, 0) is 43.3 Å². The Balaban J connectivity index is 1.77. The summed E-state index contributed by atoms with van der Waals surface area (Å²) in [4.78, 5) is 46.8. The predicted octanol–water partition coefficient (Wildman–Crippen LogP) is 1.95. The van der Waals surface area contributed by atoms with Crippen LogP contribution in [0, 0.1) is 0 Å². The normalized spacial score (nSPS) is 11.1. The molecule has 28 heavy (non-hydrogen) atoms. The van der Waals surface area contributed by atoms with Crippen molar-refractivity contribution in [2.45, 2.75) is 19.9 Å².